The van der Waals surface area contributed by atoms with Gasteiger partial charge in [-0.2, -0.15) is 0 Å². The van der Waals surface area contributed by atoms with Crippen LogP contribution in [0, 0.1) is 5.41 Å². The van der Waals surface area contributed by atoms with Crippen LogP contribution in [0.2, 0.25) is 0 Å². The monoisotopic (exact) mass is 341 g/mol. The van der Waals surface area contributed by atoms with E-state index in [1.807, 2.05) is 43.5 Å². The van der Waals surface area contributed by atoms with Crippen LogP contribution in [-0.4, -0.2) is 27.4 Å². The maximum Gasteiger partial charge on any atom is 0.221 e. The quantitative estimate of drug-likeness (QED) is 0.846. The third-order valence-corrected chi connectivity index (χ3v) is 5.24. The first-order valence-electron chi connectivity index (χ1n) is 9.09. The van der Waals surface area contributed by atoms with E-state index in [2.05, 4.69) is 15.6 Å². The van der Waals surface area contributed by atoms with Crippen molar-refractivity contribution in [1.82, 2.24) is 20.3 Å². The summed E-state index contributed by atoms with van der Waals surface area (Å²) in [7, 11) is 0. The number of hydrogen-bond donors (Lipinski definition) is 2. The number of rotatable bonds is 6. The van der Waals surface area contributed by atoms with Gasteiger partial charge in [0.15, 0.2) is 0 Å². The normalized spacial score (nSPS) is 17.8. The van der Waals surface area contributed by atoms with E-state index < -0.39 is 0 Å². The number of para-hydroxylation sites is 1. The molecule has 6 heteroatoms. The van der Waals surface area contributed by atoms with Gasteiger partial charge in [-0.15, -0.1) is 5.10 Å². The van der Waals surface area contributed by atoms with Crippen LogP contribution in [0.3, 0.4) is 0 Å². The van der Waals surface area contributed by atoms with Crippen molar-refractivity contribution in [1.29, 1.82) is 0 Å². The summed E-state index contributed by atoms with van der Waals surface area (Å²) < 4.78 is 1.72. The molecule has 1 aliphatic carbocycles. The number of nitrogens with one attached hydrogen (secondary N) is 1. The average molecular weight is 341 g/mol. The van der Waals surface area contributed by atoms with Crippen LogP contribution in [0.25, 0.3) is 5.69 Å². The molecule has 25 heavy (non-hydrogen) atoms. The van der Waals surface area contributed by atoms with E-state index in [1.165, 1.54) is 19.3 Å². The van der Waals surface area contributed by atoms with E-state index in [9.17, 15) is 4.79 Å². The summed E-state index contributed by atoms with van der Waals surface area (Å²) in [6.45, 7) is 2.52. The molecule has 2 aromatic rings. The highest BCUT2D eigenvalue weighted by atomic mass is 16.1. The lowest BCUT2D eigenvalue weighted by atomic mass is 9.71. The van der Waals surface area contributed by atoms with Gasteiger partial charge >= 0.3 is 0 Å². The van der Waals surface area contributed by atoms with Gasteiger partial charge in [-0.1, -0.05) is 42.7 Å². The highest BCUT2D eigenvalue weighted by molar-refractivity contribution is 5.77. The highest BCUT2D eigenvalue weighted by Crippen LogP contribution is 2.38. The topological polar surface area (TPSA) is 85.8 Å². The molecule has 1 atom stereocenters. The third-order valence-electron chi connectivity index (χ3n) is 5.24. The molecule has 1 unspecified atom stereocenters. The number of hydrogen-bond acceptors (Lipinski definition) is 4. The van der Waals surface area contributed by atoms with E-state index in [0.29, 0.717) is 13.0 Å². The van der Waals surface area contributed by atoms with E-state index in [4.69, 9.17) is 5.73 Å². The van der Waals surface area contributed by atoms with Crippen LogP contribution < -0.4 is 11.1 Å². The van der Waals surface area contributed by atoms with Gasteiger partial charge in [0, 0.05) is 6.42 Å². The lowest BCUT2D eigenvalue weighted by Gasteiger charge is -2.35. The summed E-state index contributed by atoms with van der Waals surface area (Å²) >= 11 is 0. The Hall–Kier alpha value is -2.21. The third kappa shape index (κ3) is 4.25. The van der Waals surface area contributed by atoms with Crippen LogP contribution >= 0.6 is 0 Å². The van der Waals surface area contributed by atoms with Crippen LogP contribution in [0.1, 0.15) is 57.2 Å². The first kappa shape index (κ1) is 17.6. The van der Waals surface area contributed by atoms with E-state index >= 15 is 0 Å². The Morgan fingerprint density at radius 3 is 2.68 bits per heavy atom. The molecule has 3 N–H and O–H groups in total. The molecule has 1 heterocycles. The fourth-order valence-electron chi connectivity index (χ4n) is 3.64. The van der Waals surface area contributed by atoms with Gasteiger partial charge < -0.3 is 11.1 Å². The van der Waals surface area contributed by atoms with Crippen molar-refractivity contribution >= 4 is 5.91 Å². The molecule has 0 aliphatic heterocycles. The maximum absolute atomic E-state index is 12.5. The number of carbonyl (C=O) groups is 1. The van der Waals surface area contributed by atoms with Gasteiger partial charge in [-0.05, 0) is 43.9 Å². The zero-order chi connectivity index (χ0) is 17.7. The SMILES string of the molecule is CC(NC(=O)CC1(CN)CCCCC1)c1cn(-c2ccccc2)nn1. The first-order chi connectivity index (χ1) is 12.1. The average Bonchev–Trinajstić information content (AvgIpc) is 3.13. The molecule has 0 radical (unpaired) electrons. The van der Waals surface area contributed by atoms with Gasteiger partial charge in [-0.25, -0.2) is 4.68 Å². The summed E-state index contributed by atoms with van der Waals surface area (Å²) in [5, 5.41) is 11.4. The van der Waals surface area contributed by atoms with Gasteiger partial charge in [0.1, 0.15) is 5.69 Å². The van der Waals surface area contributed by atoms with Crippen LogP contribution in [0.15, 0.2) is 36.5 Å². The Morgan fingerprint density at radius 2 is 2.00 bits per heavy atom. The number of benzene rings is 1. The molecule has 6 nitrogen and oxygen atoms in total. The Morgan fingerprint density at radius 1 is 1.28 bits per heavy atom. The fourth-order valence-corrected chi connectivity index (χ4v) is 3.64. The summed E-state index contributed by atoms with van der Waals surface area (Å²) in [5.41, 5.74) is 7.67. The Kier molecular flexibility index (Phi) is 5.48. The van der Waals surface area contributed by atoms with Gasteiger partial charge in [0.2, 0.25) is 5.91 Å². The standard InChI is InChI=1S/C19H27N5O/c1-15(17-13-24(23-22-17)16-8-4-2-5-9-16)21-18(25)12-19(14-20)10-6-3-7-11-19/h2,4-5,8-9,13,15H,3,6-7,10-12,14,20H2,1H3,(H,21,25). The molecule has 1 amide bonds. The summed E-state index contributed by atoms with van der Waals surface area (Å²) in [4.78, 5) is 12.5. The largest absolute Gasteiger partial charge is 0.348 e. The molecular formula is C19H27N5O. The molecule has 0 spiro atoms. The van der Waals surface area contributed by atoms with E-state index in [1.54, 1.807) is 4.68 Å². The van der Waals surface area contributed by atoms with Crippen molar-refractivity contribution < 1.29 is 4.79 Å². The van der Waals surface area contributed by atoms with Crippen LogP contribution in [0.4, 0.5) is 0 Å². The molecule has 0 bridgehead atoms. The first-order valence-corrected chi connectivity index (χ1v) is 9.09. The molecular weight excluding hydrogens is 314 g/mol. The van der Waals surface area contributed by atoms with Crippen LogP contribution in [-0.2, 0) is 4.79 Å². The van der Waals surface area contributed by atoms with Crippen molar-refractivity contribution in [3.05, 3.63) is 42.2 Å². The lowest BCUT2D eigenvalue weighted by molar-refractivity contribution is -0.124. The number of nitrogens with zero attached hydrogens (tertiary/aromatic N) is 3. The fraction of sp³-hybridized carbons (Fsp3) is 0.526. The smallest absolute Gasteiger partial charge is 0.221 e. The van der Waals surface area contributed by atoms with Gasteiger partial charge in [0.25, 0.3) is 0 Å². The van der Waals surface area contributed by atoms with Crippen molar-refractivity contribution in [2.24, 2.45) is 11.1 Å². The Bertz CT molecular complexity index is 691. The zero-order valence-electron chi connectivity index (χ0n) is 14.8. The van der Waals surface area contributed by atoms with Crippen molar-refractivity contribution in [3.8, 4) is 5.69 Å². The van der Waals surface area contributed by atoms with Crippen molar-refractivity contribution in [2.75, 3.05) is 6.54 Å². The highest BCUT2D eigenvalue weighted by Gasteiger charge is 2.33. The summed E-state index contributed by atoms with van der Waals surface area (Å²) in [5.74, 6) is 0.0501. The van der Waals surface area contributed by atoms with Gasteiger partial charge in [-0.3, -0.25) is 4.79 Å². The number of nitrogens with two attached hydrogens (primary N) is 1. The van der Waals surface area contributed by atoms with Gasteiger partial charge in [0.05, 0.1) is 17.9 Å². The lowest BCUT2D eigenvalue weighted by Crippen LogP contribution is -2.39. The second-order valence-electron chi connectivity index (χ2n) is 7.15. The zero-order valence-corrected chi connectivity index (χ0v) is 14.8. The molecule has 1 saturated carbocycles. The van der Waals surface area contributed by atoms with E-state index in [0.717, 1.165) is 24.2 Å². The molecule has 3 rings (SSSR count). The maximum atomic E-state index is 12.5. The molecule has 1 fully saturated rings. The molecule has 1 aromatic carbocycles. The minimum absolute atomic E-state index is 0.0241. The summed E-state index contributed by atoms with van der Waals surface area (Å²) in [6.07, 6.45) is 8.06. The van der Waals surface area contributed by atoms with Crippen LogP contribution in [0.5, 0.6) is 0 Å². The number of amides is 1. The second kappa shape index (κ2) is 7.78. The van der Waals surface area contributed by atoms with E-state index in [-0.39, 0.29) is 17.4 Å². The molecule has 134 valence electrons. The number of aromatic nitrogens is 3. The van der Waals surface area contributed by atoms with Crippen molar-refractivity contribution in [3.63, 3.8) is 0 Å². The minimum atomic E-state index is -0.177. The second-order valence-corrected chi connectivity index (χ2v) is 7.15. The van der Waals surface area contributed by atoms with Crippen molar-refractivity contribution in [2.45, 2.75) is 51.5 Å². The predicted molar refractivity (Wildman–Crippen MR) is 97.1 cm³/mol. The Balaban J connectivity index is 1.61. The molecule has 1 aromatic heterocycles. The minimum Gasteiger partial charge on any atom is -0.348 e. The predicted octanol–water partition coefficient (Wildman–Crippen LogP) is 2.74. The number of carbonyl (C=O) groups excluding carboxylic acids is 1. The Labute approximate surface area is 148 Å². The molecule has 0 saturated heterocycles. The molecule has 1 aliphatic rings. The summed E-state index contributed by atoms with van der Waals surface area (Å²) in [6, 6.07) is 9.63.